The van der Waals surface area contributed by atoms with E-state index in [1.807, 2.05) is 12.1 Å². The molecule has 0 saturated carbocycles. The smallest absolute Gasteiger partial charge is 0.324 e. The molecule has 8 nitrogen and oxygen atoms in total. The Balaban J connectivity index is 1.66. The highest BCUT2D eigenvalue weighted by atomic mass is 16.2. The molecule has 1 aliphatic heterocycles. The third-order valence-corrected chi connectivity index (χ3v) is 4.26. The molecule has 25 heavy (non-hydrogen) atoms. The molecular weight excluding hydrogens is 320 g/mol. The number of tetrazole rings is 1. The molecule has 1 aromatic carbocycles. The zero-order valence-electron chi connectivity index (χ0n) is 14.9. The maximum Gasteiger partial charge on any atom is 0.325 e. The van der Waals surface area contributed by atoms with E-state index in [1.54, 1.807) is 13.8 Å². The first-order valence-electron chi connectivity index (χ1n) is 8.30. The van der Waals surface area contributed by atoms with Gasteiger partial charge in [-0.05, 0) is 30.5 Å². The first-order chi connectivity index (χ1) is 11.8. The monoisotopic (exact) mass is 342 g/mol. The number of carbonyl (C=O) groups excluding carboxylic acids is 2. The van der Waals surface area contributed by atoms with E-state index < -0.39 is 5.54 Å². The van der Waals surface area contributed by atoms with E-state index in [-0.39, 0.29) is 18.5 Å². The van der Waals surface area contributed by atoms with E-state index in [4.69, 9.17) is 0 Å². The zero-order chi connectivity index (χ0) is 18.2. The van der Waals surface area contributed by atoms with Crippen molar-refractivity contribution in [1.29, 1.82) is 0 Å². The van der Waals surface area contributed by atoms with Crippen LogP contribution in [0.2, 0.25) is 0 Å². The van der Waals surface area contributed by atoms with Crippen molar-refractivity contribution in [1.82, 2.24) is 30.4 Å². The van der Waals surface area contributed by atoms with Crippen molar-refractivity contribution in [2.45, 2.75) is 45.7 Å². The van der Waals surface area contributed by atoms with Gasteiger partial charge in [0.25, 0.3) is 5.91 Å². The summed E-state index contributed by atoms with van der Waals surface area (Å²) in [6.45, 7) is 8.14. The highest BCUT2D eigenvalue weighted by Gasteiger charge is 2.43. The largest absolute Gasteiger partial charge is 0.325 e. The Morgan fingerprint density at radius 3 is 2.36 bits per heavy atom. The summed E-state index contributed by atoms with van der Waals surface area (Å²) < 4.78 is 0. The second kappa shape index (κ2) is 6.27. The molecule has 0 atom stereocenters. The number of hydrogen-bond acceptors (Lipinski definition) is 5. The Morgan fingerprint density at radius 2 is 1.80 bits per heavy atom. The van der Waals surface area contributed by atoms with Crippen molar-refractivity contribution >= 4 is 11.9 Å². The number of urea groups is 1. The van der Waals surface area contributed by atoms with E-state index in [1.165, 1.54) is 15.3 Å². The van der Waals surface area contributed by atoms with Gasteiger partial charge in [0.2, 0.25) is 5.82 Å². The van der Waals surface area contributed by atoms with Gasteiger partial charge in [-0.15, -0.1) is 10.2 Å². The summed E-state index contributed by atoms with van der Waals surface area (Å²) in [7, 11) is 0. The number of nitrogens with zero attached hydrogens (tertiary/aromatic N) is 5. The molecule has 0 spiro atoms. The zero-order valence-corrected chi connectivity index (χ0v) is 14.9. The molecule has 1 aliphatic rings. The van der Waals surface area contributed by atoms with Crippen LogP contribution in [0, 0.1) is 0 Å². The fourth-order valence-corrected chi connectivity index (χ4v) is 2.68. The maximum atomic E-state index is 12.1. The molecule has 1 N–H and O–H groups in total. The van der Waals surface area contributed by atoms with Crippen LogP contribution in [0.1, 0.15) is 39.2 Å². The van der Waals surface area contributed by atoms with Crippen LogP contribution in [-0.2, 0) is 11.3 Å². The summed E-state index contributed by atoms with van der Waals surface area (Å²) in [5, 5.41) is 15.0. The second-order valence-electron chi connectivity index (χ2n) is 7.00. The maximum absolute atomic E-state index is 12.1. The lowest BCUT2D eigenvalue weighted by Crippen LogP contribution is -2.40. The van der Waals surface area contributed by atoms with Crippen molar-refractivity contribution in [3.8, 4) is 11.4 Å². The van der Waals surface area contributed by atoms with Crippen LogP contribution in [-0.4, -0.2) is 49.1 Å². The first kappa shape index (κ1) is 17.1. The molecule has 1 aromatic heterocycles. The van der Waals surface area contributed by atoms with E-state index in [2.05, 4.69) is 46.7 Å². The standard InChI is InChI=1S/C17H22N6O2/c1-11(2)12-5-7-13(8-6-12)14-19-21-23(20-14)10-9-22-15(24)17(3,4)18-16(22)25/h5-8,11H,9-10H2,1-4H3,(H,18,25). The Morgan fingerprint density at radius 1 is 1.12 bits per heavy atom. The molecule has 0 aliphatic carbocycles. The van der Waals surface area contributed by atoms with Gasteiger partial charge in [0, 0.05) is 5.56 Å². The minimum Gasteiger partial charge on any atom is -0.324 e. The van der Waals surface area contributed by atoms with Crippen molar-refractivity contribution in [3.63, 3.8) is 0 Å². The summed E-state index contributed by atoms with van der Waals surface area (Å²) in [5.74, 6) is 0.737. The third kappa shape index (κ3) is 3.38. The topological polar surface area (TPSA) is 93.0 Å². The van der Waals surface area contributed by atoms with E-state index in [0.717, 1.165) is 5.56 Å². The highest BCUT2D eigenvalue weighted by Crippen LogP contribution is 2.20. The van der Waals surface area contributed by atoms with Crippen molar-refractivity contribution < 1.29 is 9.59 Å². The molecule has 2 heterocycles. The van der Waals surface area contributed by atoms with Crippen molar-refractivity contribution in [2.75, 3.05) is 6.54 Å². The van der Waals surface area contributed by atoms with Gasteiger partial charge in [0.15, 0.2) is 0 Å². The Hall–Kier alpha value is -2.77. The minimum absolute atomic E-state index is 0.205. The summed E-state index contributed by atoms with van der Waals surface area (Å²) >= 11 is 0. The van der Waals surface area contributed by atoms with Crippen LogP contribution in [0.3, 0.4) is 0 Å². The van der Waals surface area contributed by atoms with Gasteiger partial charge >= 0.3 is 6.03 Å². The summed E-state index contributed by atoms with van der Waals surface area (Å²) in [4.78, 5) is 26.6. The molecule has 8 heteroatoms. The minimum atomic E-state index is -0.865. The average molecular weight is 342 g/mol. The molecule has 0 unspecified atom stereocenters. The van der Waals surface area contributed by atoms with Crippen LogP contribution < -0.4 is 5.32 Å². The first-order valence-corrected chi connectivity index (χ1v) is 8.30. The number of imide groups is 1. The normalized spacial score (nSPS) is 16.6. The predicted octanol–water partition coefficient (Wildman–Crippen LogP) is 1.79. The van der Waals surface area contributed by atoms with Crippen LogP contribution in [0.5, 0.6) is 0 Å². The SMILES string of the molecule is CC(C)c1ccc(-c2nnn(CCN3C(=O)NC(C)(C)C3=O)n2)cc1. The van der Waals surface area contributed by atoms with Gasteiger partial charge in [-0.2, -0.15) is 4.80 Å². The van der Waals surface area contributed by atoms with Gasteiger partial charge in [0.05, 0.1) is 13.1 Å². The van der Waals surface area contributed by atoms with Crippen LogP contribution >= 0.6 is 0 Å². The van der Waals surface area contributed by atoms with Crippen molar-refractivity contribution in [2.24, 2.45) is 0 Å². The number of rotatable bonds is 5. The summed E-state index contributed by atoms with van der Waals surface area (Å²) in [6, 6.07) is 7.65. The Bertz CT molecular complexity index is 794. The van der Waals surface area contributed by atoms with Crippen LogP contribution in [0.4, 0.5) is 4.79 Å². The summed E-state index contributed by atoms with van der Waals surface area (Å²) in [6.07, 6.45) is 0. The van der Waals surface area contributed by atoms with Gasteiger partial charge in [-0.25, -0.2) is 4.79 Å². The van der Waals surface area contributed by atoms with Gasteiger partial charge in [0.1, 0.15) is 5.54 Å². The summed E-state index contributed by atoms with van der Waals surface area (Å²) in [5.41, 5.74) is 1.26. The fraction of sp³-hybridized carbons (Fsp3) is 0.471. The van der Waals surface area contributed by atoms with E-state index in [0.29, 0.717) is 18.3 Å². The number of amides is 3. The lowest BCUT2D eigenvalue weighted by atomic mass is 10.0. The average Bonchev–Trinajstić information content (AvgIpc) is 3.10. The predicted molar refractivity (Wildman–Crippen MR) is 91.7 cm³/mol. The molecule has 2 aromatic rings. The molecular formula is C17H22N6O2. The number of hydrogen-bond donors (Lipinski definition) is 1. The molecule has 132 valence electrons. The number of nitrogens with one attached hydrogen (secondary N) is 1. The molecule has 1 fully saturated rings. The Kier molecular flexibility index (Phi) is 4.28. The van der Waals surface area contributed by atoms with Crippen LogP contribution in [0.25, 0.3) is 11.4 Å². The fourth-order valence-electron chi connectivity index (χ4n) is 2.68. The molecule has 3 amide bonds. The van der Waals surface area contributed by atoms with Crippen molar-refractivity contribution in [3.05, 3.63) is 29.8 Å². The lowest BCUT2D eigenvalue weighted by molar-refractivity contribution is -0.130. The van der Waals surface area contributed by atoms with Gasteiger partial charge in [-0.1, -0.05) is 38.1 Å². The van der Waals surface area contributed by atoms with E-state index in [9.17, 15) is 9.59 Å². The van der Waals surface area contributed by atoms with Gasteiger partial charge < -0.3 is 5.32 Å². The molecule has 0 bridgehead atoms. The second-order valence-corrected chi connectivity index (χ2v) is 7.00. The Labute approximate surface area is 146 Å². The van der Waals surface area contributed by atoms with E-state index >= 15 is 0 Å². The number of benzene rings is 1. The number of carbonyl (C=O) groups is 2. The molecule has 0 radical (unpaired) electrons. The lowest BCUT2D eigenvalue weighted by Gasteiger charge is -2.15. The quantitative estimate of drug-likeness (QED) is 0.836. The molecule has 1 saturated heterocycles. The third-order valence-electron chi connectivity index (χ3n) is 4.26. The highest BCUT2D eigenvalue weighted by molar-refractivity contribution is 6.06. The van der Waals surface area contributed by atoms with Crippen LogP contribution in [0.15, 0.2) is 24.3 Å². The molecule has 3 rings (SSSR count). The van der Waals surface area contributed by atoms with Gasteiger partial charge in [-0.3, -0.25) is 9.69 Å². The number of aromatic nitrogens is 4.